The predicted molar refractivity (Wildman–Crippen MR) is 52.7 cm³/mol. The Hall–Kier alpha value is -1.32. The molecule has 2 rings (SSSR count). The van der Waals surface area contributed by atoms with Gasteiger partial charge in [0.1, 0.15) is 0 Å². The maximum atomic E-state index is 11.5. The van der Waals surface area contributed by atoms with Gasteiger partial charge >= 0.3 is 0 Å². The molecule has 0 aliphatic carbocycles. The molecule has 1 aliphatic rings. The van der Waals surface area contributed by atoms with Crippen molar-refractivity contribution in [2.24, 2.45) is 5.92 Å². The summed E-state index contributed by atoms with van der Waals surface area (Å²) in [5, 5.41) is 0. The van der Waals surface area contributed by atoms with E-state index in [-0.39, 0.29) is 11.8 Å². The molecule has 0 atom stereocenters. The van der Waals surface area contributed by atoms with E-state index in [1.54, 1.807) is 6.20 Å². The van der Waals surface area contributed by atoms with Crippen molar-refractivity contribution in [1.82, 2.24) is 14.5 Å². The normalized spacial score (nSPS) is 17.2. The van der Waals surface area contributed by atoms with Crippen molar-refractivity contribution < 1.29 is 4.79 Å². The molecule has 1 saturated heterocycles. The summed E-state index contributed by atoms with van der Waals surface area (Å²) < 4.78 is 2.06. The van der Waals surface area contributed by atoms with Crippen molar-refractivity contribution in [3.8, 4) is 0 Å². The Morgan fingerprint density at radius 1 is 1.50 bits per heavy atom. The zero-order valence-corrected chi connectivity index (χ0v) is 8.55. The molecule has 0 aromatic carbocycles. The number of carbonyl (C=O) groups excluding carboxylic acids is 1. The molecule has 0 N–H and O–H groups in total. The van der Waals surface area contributed by atoms with Gasteiger partial charge in [-0.25, -0.2) is 4.98 Å². The van der Waals surface area contributed by atoms with Crippen molar-refractivity contribution in [2.75, 3.05) is 13.1 Å². The molecule has 2 heterocycles. The van der Waals surface area contributed by atoms with E-state index in [0.717, 1.165) is 13.1 Å². The molecule has 4 heteroatoms. The average Bonchev–Trinajstić information content (AvgIpc) is 2.54. The fourth-order valence-electron chi connectivity index (χ4n) is 1.67. The summed E-state index contributed by atoms with van der Waals surface area (Å²) in [5.41, 5.74) is 0. The molecule has 1 aromatic heterocycles. The number of hydrogen-bond donors (Lipinski definition) is 0. The fourth-order valence-corrected chi connectivity index (χ4v) is 1.67. The lowest BCUT2D eigenvalue weighted by atomic mass is 10.1. The molecule has 0 unspecified atom stereocenters. The Morgan fingerprint density at radius 3 is 2.71 bits per heavy atom. The van der Waals surface area contributed by atoms with Crippen LogP contribution >= 0.6 is 0 Å². The van der Waals surface area contributed by atoms with Crippen LogP contribution in [-0.4, -0.2) is 33.4 Å². The number of likely N-dealkylation sites (tertiary alicyclic amines) is 1. The number of nitrogens with zero attached hydrogens (tertiary/aromatic N) is 3. The largest absolute Gasteiger partial charge is 0.338 e. The van der Waals surface area contributed by atoms with Crippen molar-refractivity contribution in [1.29, 1.82) is 0 Å². The Bertz CT molecular complexity index is 312. The predicted octanol–water partition coefficient (Wildman–Crippen LogP) is 0.922. The van der Waals surface area contributed by atoms with E-state index in [9.17, 15) is 4.79 Å². The second-order valence-electron chi connectivity index (χ2n) is 4.06. The highest BCUT2D eigenvalue weighted by atomic mass is 16.2. The summed E-state index contributed by atoms with van der Waals surface area (Å²) in [4.78, 5) is 17.4. The highest BCUT2D eigenvalue weighted by Gasteiger charge is 2.32. The van der Waals surface area contributed by atoms with Gasteiger partial charge in [0, 0.05) is 31.4 Å². The van der Waals surface area contributed by atoms with Crippen molar-refractivity contribution in [2.45, 2.75) is 19.9 Å². The third-order valence-corrected chi connectivity index (χ3v) is 2.61. The first-order valence-corrected chi connectivity index (χ1v) is 4.94. The van der Waals surface area contributed by atoms with Crippen molar-refractivity contribution in [3.05, 3.63) is 18.7 Å². The highest BCUT2D eigenvalue weighted by molar-refractivity contribution is 5.78. The molecule has 1 aromatic rings. The minimum Gasteiger partial charge on any atom is -0.338 e. The molecule has 76 valence electrons. The van der Waals surface area contributed by atoms with Crippen LogP contribution in [0.4, 0.5) is 0 Å². The van der Waals surface area contributed by atoms with E-state index in [1.807, 2.05) is 31.3 Å². The third-order valence-electron chi connectivity index (χ3n) is 2.61. The summed E-state index contributed by atoms with van der Waals surface area (Å²) in [6.07, 6.45) is 5.52. The second kappa shape index (κ2) is 3.44. The van der Waals surface area contributed by atoms with Crippen molar-refractivity contribution >= 4 is 5.91 Å². The summed E-state index contributed by atoms with van der Waals surface area (Å²) in [6, 6.07) is 0.431. The molecule has 0 radical (unpaired) electrons. The summed E-state index contributed by atoms with van der Waals surface area (Å²) in [7, 11) is 0. The van der Waals surface area contributed by atoms with Gasteiger partial charge in [-0.15, -0.1) is 0 Å². The van der Waals surface area contributed by atoms with Crippen LogP contribution in [0.25, 0.3) is 0 Å². The molecule has 0 saturated carbocycles. The Morgan fingerprint density at radius 2 is 2.21 bits per heavy atom. The summed E-state index contributed by atoms with van der Waals surface area (Å²) in [6.45, 7) is 5.53. The second-order valence-corrected chi connectivity index (χ2v) is 4.06. The molecular weight excluding hydrogens is 178 g/mol. The number of imidazole rings is 1. The van der Waals surface area contributed by atoms with Crippen LogP contribution in [0.1, 0.15) is 19.9 Å². The van der Waals surface area contributed by atoms with E-state index < -0.39 is 0 Å². The third kappa shape index (κ3) is 1.52. The van der Waals surface area contributed by atoms with Gasteiger partial charge < -0.3 is 9.47 Å². The fraction of sp³-hybridized carbons (Fsp3) is 0.600. The zero-order valence-electron chi connectivity index (χ0n) is 8.55. The molecule has 4 nitrogen and oxygen atoms in total. The maximum absolute atomic E-state index is 11.5. The van der Waals surface area contributed by atoms with Crippen LogP contribution in [0.3, 0.4) is 0 Å². The molecule has 1 aliphatic heterocycles. The van der Waals surface area contributed by atoms with E-state index >= 15 is 0 Å². The van der Waals surface area contributed by atoms with Crippen LogP contribution in [0.15, 0.2) is 18.7 Å². The van der Waals surface area contributed by atoms with Gasteiger partial charge in [-0.3, -0.25) is 4.79 Å². The average molecular weight is 193 g/mol. The minimum atomic E-state index is 0.110. The highest BCUT2D eigenvalue weighted by Crippen LogP contribution is 2.22. The van der Waals surface area contributed by atoms with Crippen LogP contribution in [0.2, 0.25) is 0 Å². The smallest absolute Gasteiger partial charge is 0.225 e. The Kier molecular flexibility index (Phi) is 2.27. The first-order valence-electron chi connectivity index (χ1n) is 4.94. The number of aromatic nitrogens is 2. The molecule has 14 heavy (non-hydrogen) atoms. The van der Waals surface area contributed by atoms with Crippen LogP contribution in [0, 0.1) is 5.92 Å². The lowest BCUT2D eigenvalue weighted by Gasteiger charge is -2.40. The lowest BCUT2D eigenvalue weighted by molar-refractivity contribution is -0.140. The molecule has 1 fully saturated rings. The summed E-state index contributed by atoms with van der Waals surface area (Å²) in [5.74, 6) is 0.361. The van der Waals surface area contributed by atoms with Crippen molar-refractivity contribution in [3.63, 3.8) is 0 Å². The number of amides is 1. The Labute approximate surface area is 83.5 Å². The minimum absolute atomic E-state index is 0.110. The van der Waals surface area contributed by atoms with E-state index in [0.29, 0.717) is 6.04 Å². The zero-order chi connectivity index (χ0) is 10.1. The van der Waals surface area contributed by atoms with Gasteiger partial charge in [0.2, 0.25) is 5.91 Å². The molecule has 1 amide bonds. The number of rotatable bonds is 2. The van der Waals surface area contributed by atoms with Gasteiger partial charge in [-0.05, 0) is 0 Å². The lowest BCUT2D eigenvalue weighted by Crippen LogP contribution is -2.51. The number of hydrogen-bond acceptors (Lipinski definition) is 2. The van der Waals surface area contributed by atoms with E-state index in [2.05, 4.69) is 9.55 Å². The summed E-state index contributed by atoms with van der Waals surface area (Å²) >= 11 is 0. The maximum Gasteiger partial charge on any atom is 0.225 e. The molecule has 0 bridgehead atoms. The topological polar surface area (TPSA) is 38.1 Å². The van der Waals surface area contributed by atoms with E-state index in [4.69, 9.17) is 0 Å². The quantitative estimate of drug-likeness (QED) is 0.700. The Balaban J connectivity index is 1.88. The van der Waals surface area contributed by atoms with Crippen LogP contribution < -0.4 is 0 Å². The van der Waals surface area contributed by atoms with Gasteiger partial charge in [-0.2, -0.15) is 0 Å². The van der Waals surface area contributed by atoms with Gasteiger partial charge in [0.05, 0.1) is 12.4 Å². The standard InChI is InChI=1S/C10H15N3O/c1-8(2)10(14)13-5-9(6-13)12-4-3-11-7-12/h3-4,7-9H,5-6H2,1-2H3. The molecule has 0 spiro atoms. The SMILES string of the molecule is CC(C)C(=O)N1CC(n2ccnc2)C1. The molecular formula is C10H15N3O. The number of carbonyl (C=O) groups is 1. The van der Waals surface area contributed by atoms with Gasteiger partial charge in [0.25, 0.3) is 0 Å². The monoisotopic (exact) mass is 193 g/mol. The van der Waals surface area contributed by atoms with Gasteiger partial charge in [-0.1, -0.05) is 13.8 Å². The first kappa shape index (κ1) is 9.24. The first-order chi connectivity index (χ1) is 6.68. The van der Waals surface area contributed by atoms with Crippen LogP contribution in [0.5, 0.6) is 0 Å². The van der Waals surface area contributed by atoms with E-state index in [1.165, 1.54) is 0 Å². The van der Waals surface area contributed by atoms with Crippen LogP contribution in [-0.2, 0) is 4.79 Å². The van der Waals surface area contributed by atoms with Gasteiger partial charge in [0.15, 0.2) is 0 Å².